The third-order valence-electron chi connectivity index (χ3n) is 3.25. The van der Waals surface area contributed by atoms with Crippen molar-refractivity contribution in [3.8, 4) is 5.75 Å². The topological polar surface area (TPSA) is 18.5 Å². The third kappa shape index (κ3) is 2.15. The van der Waals surface area contributed by atoms with Crippen LogP contribution in [0.2, 0.25) is 0 Å². The van der Waals surface area contributed by atoms with E-state index >= 15 is 0 Å². The number of hydrogen-bond acceptors (Lipinski definition) is 2. The average molecular weight is 206 g/mol. The number of ether oxygens (including phenoxy) is 2. The van der Waals surface area contributed by atoms with Crippen molar-refractivity contribution in [2.75, 3.05) is 7.11 Å². The van der Waals surface area contributed by atoms with Crippen LogP contribution in [0.5, 0.6) is 5.75 Å². The third-order valence-corrected chi connectivity index (χ3v) is 3.25. The molecule has 0 aromatic heterocycles. The molecule has 1 fully saturated rings. The zero-order chi connectivity index (χ0) is 10.7. The van der Waals surface area contributed by atoms with E-state index in [1.807, 2.05) is 30.3 Å². The van der Waals surface area contributed by atoms with Crippen molar-refractivity contribution in [2.45, 2.75) is 37.9 Å². The fourth-order valence-corrected chi connectivity index (χ4v) is 2.12. The summed E-state index contributed by atoms with van der Waals surface area (Å²) in [5.41, 5.74) is 0.0159. The summed E-state index contributed by atoms with van der Waals surface area (Å²) in [6.07, 6.45) is 3.44. The summed E-state index contributed by atoms with van der Waals surface area (Å²) in [5, 5.41) is 0. The molecule has 0 N–H and O–H groups in total. The van der Waals surface area contributed by atoms with Gasteiger partial charge in [-0.25, -0.2) is 0 Å². The lowest BCUT2D eigenvalue weighted by Crippen LogP contribution is -2.51. The number of benzene rings is 1. The summed E-state index contributed by atoms with van der Waals surface area (Å²) < 4.78 is 11.3. The molecule has 0 unspecified atom stereocenters. The molecule has 0 heterocycles. The lowest BCUT2D eigenvalue weighted by molar-refractivity contribution is -0.112. The Kier molecular flexibility index (Phi) is 2.96. The molecule has 0 aliphatic heterocycles. The molecular formula is C13H18O2. The van der Waals surface area contributed by atoms with Crippen molar-refractivity contribution in [1.82, 2.24) is 0 Å². The molecule has 1 aliphatic carbocycles. The van der Waals surface area contributed by atoms with Gasteiger partial charge in [0.2, 0.25) is 0 Å². The molecule has 0 radical (unpaired) electrons. The predicted molar refractivity (Wildman–Crippen MR) is 60.1 cm³/mol. The van der Waals surface area contributed by atoms with Gasteiger partial charge in [-0.2, -0.15) is 0 Å². The van der Waals surface area contributed by atoms with E-state index in [1.165, 1.54) is 0 Å². The second-order valence-corrected chi connectivity index (χ2v) is 4.22. The first-order valence-corrected chi connectivity index (χ1v) is 5.55. The van der Waals surface area contributed by atoms with Gasteiger partial charge in [-0.3, -0.25) is 0 Å². The van der Waals surface area contributed by atoms with Gasteiger partial charge in [0.25, 0.3) is 0 Å². The summed E-state index contributed by atoms with van der Waals surface area (Å²) in [4.78, 5) is 0. The van der Waals surface area contributed by atoms with Gasteiger partial charge < -0.3 is 9.47 Å². The van der Waals surface area contributed by atoms with E-state index in [0.717, 1.165) is 25.0 Å². The van der Waals surface area contributed by atoms with Gasteiger partial charge in [-0.1, -0.05) is 25.1 Å². The Morgan fingerprint density at radius 2 is 1.93 bits per heavy atom. The maximum absolute atomic E-state index is 6.04. The number of para-hydroxylation sites is 1. The molecule has 1 aliphatic rings. The quantitative estimate of drug-likeness (QED) is 0.754. The standard InChI is InChI=1S/C13H18O2/c1-3-13(9-12(10-13)14-2)15-11-7-5-4-6-8-11/h4-8,12H,3,9-10H2,1-2H3. The van der Waals surface area contributed by atoms with Crippen molar-refractivity contribution in [1.29, 1.82) is 0 Å². The molecule has 1 aromatic carbocycles. The van der Waals surface area contributed by atoms with Crippen LogP contribution < -0.4 is 4.74 Å². The molecule has 0 spiro atoms. The minimum atomic E-state index is 0.0159. The zero-order valence-electron chi connectivity index (χ0n) is 9.40. The molecule has 15 heavy (non-hydrogen) atoms. The fraction of sp³-hybridized carbons (Fsp3) is 0.538. The minimum Gasteiger partial charge on any atom is -0.487 e. The Hall–Kier alpha value is -1.02. The molecular weight excluding hydrogens is 188 g/mol. The van der Waals surface area contributed by atoms with Gasteiger partial charge in [0.1, 0.15) is 11.4 Å². The largest absolute Gasteiger partial charge is 0.487 e. The van der Waals surface area contributed by atoms with E-state index in [0.29, 0.717) is 6.10 Å². The number of hydrogen-bond donors (Lipinski definition) is 0. The number of methoxy groups -OCH3 is 1. The first-order chi connectivity index (χ1) is 7.28. The second kappa shape index (κ2) is 4.23. The SMILES string of the molecule is CCC1(Oc2ccccc2)CC(OC)C1. The second-order valence-electron chi connectivity index (χ2n) is 4.22. The van der Waals surface area contributed by atoms with Gasteiger partial charge in [0.15, 0.2) is 0 Å². The van der Waals surface area contributed by atoms with Gasteiger partial charge in [-0.05, 0) is 18.6 Å². The Morgan fingerprint density at radius 1 is 1.27 bits per heavy atom. The lowest BCUT2D eigenvalue weighted by atomic mass is 9.75. The van der Waals surface area contributed by atoms with E-state index < -0.39 is 0 Å². The van der Waals surface area contributed by atoms with Crippen molar-refractivity contribution < 1.29 is 9.47 Å². The van der Waals surface area contributed by atoms with E-state index in [4.69, 9.17) is 9.47 Å². The van der Waals surface area contributed by atoms with Crippen LogP contribution in [0.15, 0.2) is 30.3 Å². The molecule has 2 rings (SSSR count). The summed E-state index contributed by atoms with van der Waals surface area (Å²) in [5.74, 6) is 0.967. The van der Waals surface area contributed by atoms with Gasteiger partial charge in [0, 0.05) is 20.0 Å². The maximum atomic E-state index is 6.04. The van der Waals surface area contributed by atoms with Crippen LogP contribution in [0.4, 0.5) is 0 Å². The van der Waals surface area contributed by atoms with E-state index in [2.05, 4.69) is 6.92 Å². The minimum absolute atomic E-state index is 0.0159. The van der Waals surface area contributed by atoms with E-state index in [-0.39, 0.29) is 5.60 Å². The van der Waals surface area contributed by atoms with Crippen LogP contribution >= 0.6 is 0 Å². The Balaban J connectivity index is 1.99. The van der Waals surface area contributed by atoms with Crippen molar-refractivity contribution >= 4 is 0 Å². The molecule has 2 heteroatoms. The van der Waals surface area contributed by atoms with Crippen LogP contribution in [-0.2, 0) is 4.74 Å². The van der Waals surface area contributed by atoms with Gasteiger partial charge in [-0.15, -0.1) is 0 Å². The van der Waals surface area contributed by atoms with Crippen LogP contribution in [0.3, 0.4) is 0 Å². The highest BCUT2D eigenvalue weighted by atomic mass is 16.5. The van der Waals surface area contributed by atoms with Crippen LogP contribution in [-0.4, -0.2) is 18.8 Å². The van der Waals surface area contributed by atoms with Crippen molar-refractivity contribution in [3.05, 3.63) is 30.3 Å². The van der Waals surface area contributed by atoms with E-state index in [9.17, 15) is 0 Å². The lowest BCUT2D eigenvalue weighted by Gasteiger charge is -2.46. The smallest absolute Gasteiger partial charge is 0.120 e. The highest BCUT2D eigenvalue weighted by molar-refractivity contribution is 5.23. The molecule has 82 valence electrons. The first-order valence-electron chi connectivity index (χ1n) is 5.55. The molecule has 1 aromatic rings. The summed E-state index contributed by atoms with van der Waals surface area (Å²) in [6, 6.07) is 10.0. The molecule has 0 saturated heterocycles. The Bertz CT molecular complexity index is 302. The summed E-state index contributed by atoms with van der Waals surface area (Å²) in [6.45, 7) is 2.18. The van der Waals surface area contributed by atoms with E-state index in [1.54, 1.807) is 7.11 Å². The monoisotopic (exact) mass is 206 g/mol. The first kappa shape index (κ1) is 10.5. The highest BCUT2D eigenvalue weighted by Gasteiger charge is 2.45. The zero-order valence-corrected chi connectivity index (χ0v) is 9.40. The van der Waals surface area contributed by atoms with Crippen LogP contribution in [0.1, 0.15) is 26.2 Å². The van der Waals surface area contributed by atoms with Crippen LogP contribution in [0, 0.1) is 0 Å². The predicted octanol–water partition coefficient (Wildman–Crippen LogP) is 3.02. The normalized spacial score (nSPS) is 29.6. The Morgan fingerprint density at radius 3 is 2.47 bits per heavy atom. The molecule has 0 amide bonds. The average Bonchev–Trinajstić information content (AvgIpc) is 2.24. The fourth-order valence-electron chi connectivity index (χ4n) is 2.12. The molecule has 2 nitrogen and oxygen atoms in total. The number of rotatable bonds is 4. The molecule has 0 bridgehead atoms. The van der Waals surface area contributed by atoms with Gasteiger partial charge >= 0.3 is 0 Å². The van der Waals surface area contributed by atoms with Crippen LogP contribution in [0.25, 0.3) is 0 Å². The maximum Gasteiger partial charge on any atom is 0.120 e. The molecule has 0 atom stereocenters. The Labute approximate surface area is 91.2 Å². The van der Waals surface area contributed by atoms with Crippen molar-refractivity contribution in [2.24, 2.45) is 0 Å². The molecule has 1 saturated carbocycles. The van der Waals surface area contributed by atoms with Crippen molar-refractivity contribution in [3.63, 3.8) is 0 Å². The summed E-state index contributed by atoms with van der Waals surface area (Å²) in [7, 11) is 1.77. The summed E-state index contributed by atoms with van der Waals surface area (Å²) >= 11 is 0. The highest BCUT2D eigenvalue weighted by Crippen LogP contribution is 2.40. The van der Waals surface area contributed by atoms with Gasteiger partial charge in [0.05, 0.1) is 6.10 Å².